The molecule has 0 saturated carbocycles. The zero-order valence-electron chi connectivity index (χ0n) is 17.1. The second-order valence-electron chi connectivity index (χ2n) is 6.92. The first-order valence-corrected chi connectivity index (χ1v) is 10.9. The van der Waals surface area contributed by atoms with E-state index in [0.29, 0.717) is 6.54 Å². The molecule has 0 unspecified atom stereocenters. The third-order valence-corrected chi connectivity index (χ3v) is 6.25. The van der Waals surface area contributed by atoms with E-state index in [0.717, 1.165) is 34.3 Å². The number of likely N-dealkylation sites (N-methyl/N-ethyl adjacent to an activating group) is 1. The lowest BCUT2D eigenvalue weighted by Gasteiger charge is -2.12. The summed E-state index contributed by atoms with van der Waals surface area (Å²) in [4.78, 5) is 20.4. The Bertz CT molecular complexity index is 1130. The molecule has 29 heavy (non-hydrogen) atoms. The van der Waals surface area contributed by atoms with E-state index in [1.54, 1.807) is 4.90 Å². The fraction of sp³-hybridized carbons (Fsp3) is 0.250. The zero-order valence-corrected chi connectivity index (χ0v) is 17.9. The molecular formula is C24H25N3OS. The quantitative estimate of drug-likeness (QED) is 0.501. The van der Waals surface area contributed by atoms with E-state index in [1.165, 1.54) is 28.2 Å². The number of aromatic nitrogens is 1. The van der Waals surface area contributed by atoms with E-state index in [2.05, 4.69) is 48.9 Å². The number of benzene rings is 2. The third-order valence-electron chi connectivity index (χ3n) is 5.24. The summed E-state index contributed by atoms with van der Waals surface area (Å²) >= 11 is 1.46. The Labute approximate surface area is 175 Å². The minimum Gasteiger partial charge on any atom is -0.347 e. The van der Waals surface area contributed by atoms with E-state index < -0.39 is 0 Å². The van der Waals surface area contributed by atoms with Crippen molar-refractivity contribution in [2.24, 2.45) is 4.99 Å². The van der Waals surface area contributed by atoms with Gasteiger partial charge in [0.25, 0.3) is 5.91 Å². The Hall–Kier alpha value is -2.79. The molecule has 0 N–H and O–H groups in total. The molecule has 4 nitrogen and oxygen atoms in total. The highest BCUT2D eigenvalue weighted by atomic mass is 32.2. The molecule has 148 valence electrons. The van der Waals surface area contributed by atoms with Crippen molar-refractivity contribution in [3.8, 4) is 0 Å². The fourth-order valence-electron chi connectivity index (χ4n) is 3.69. The first-order chi connectivity index (χ1) is 14.2. The van der Waals surface area contributed by atoms with Crippen LogP contribution in [-0.4, -0.2) is 27.1 Å². The number of amidine groups is 1. The molecule has 0 aliphatic carbocycles. The van der Waals surface area contributed by atoms with Crippen molar-refractivity contribution < 1.29 is 4.79 Å². The third kappa shape index (κ3) is 3.62. The molecule has 5 heteroatoms. The maximum absolute atomic E-state index is 13.1. The van der Waals surface area contributed by atoms with E-state index in [1.807, 2.05) is 37.3 Å². The van der Waals surface area contributed by atoms with Crippen molar-refractivity contribution in [2.45, 2.75) is 33.7 Å². The number of carbonyl (C=O) groups is 1. The summed E-state index contributed by atoms with van der Waals surface area (Å²) < 4.78 is 2.22. The summed E-state index contributed by atoms with van der Waals surface area (Å²) in [6.45, 7) is 7.75. The van der Waals surface area contributed by atoms with Crippen molar-refractivity contribution in [2.75, 3.05) is 6.54 Å². The van der Waals surface area contributed by atoms with Crippen LogP contribution in [0.5, 0.6) is 0 Å². The number of aliphatic imine (C=N–C) groups is 1. The van der Waals surface area contributed by atoms with Gasteiger partial charge in [0.05, 0.1) is 10.6 Å². The number of thioether (sulfide) groups is 1. The van der Waals surface area contributed by atoms with Gasteiger partial charge in [0.2, 0.25) is 0 Å². The van der Waals surface area contributed by atoms with Crippen LogP contribution in [0.3, 0.4) is 0 Å². The van der Waals surface area contributed by atoms with Crippen LogP contribution >= 0.6 is 11.8 Å². The number of para-hydroxylation sites is 2. The minimum atomic E-state index is 0.0264. The van der Waals surface area contributed by atoms with Gasteiger partial charge in [-0.25, -0.2) is 4.99 Å². The molecule has 2 aromatic carbocycles. The second-order valence-corrected chi connectivity index (χ2v) is 7.93. The average Bonchev–Trinajstić information content (AvgIpc) is 3.26. The van der Waals surface area contributed by atoms with Crippen molar-refractivity contribution in [1.29, 1.82) is 0 Å². The van der Waals surface area contributed by atoms with Crippen LogP contribution in [0, 0.1) is 0 Å². The van der Waals surface area contributed by atoms with Gasteiger partial charge in [-0.15, -0.1) is 0 Å². The first-order valence-electron chi connectivity index (χ1n) is 10.1. The summed E-state index contributed by atoms with van der Waals surface area (Å²) in [5.41, 5.74) is 4.39. The summed E-state index contributed by atoms with van der Waals surface area (Å²) in [7, 11) is 0. The highest BCUT2D eigenvalue weighted by Gasteiger charge is 2.32. The Morgan fingerprint density at radius 2 is 1.76 bits per heavy atom. The predicted molar refractivity (Wildman–Crippen MR) is 123 cm³/mol. The standard InChI is InChI=1S/C24H25N3OS/c1-4-17-11-7-9-13-20(17)25-24-27(6-3)23(28)22(29-24)15-18-16-26(5-2)21-14-10-8-12-19(18)21/h7-16H,4-6H2,1-3H3/b22-15+,25-24?. The van der Waals surface area contributed by atoms with Gasteiger partial charge in [-0.2, -0.15) is 0 Å². The largest absolute Gasteiger partial charge is 0.347 e. The van der Waals surface area contributed by atoms with Crippen LogP contribution in [0.15, 0.2) is 64.6 Å². The number of hydrogen-bond acceptors (Lipinski definition) is 3. The Kier molecular flexibility index (Phi) is 5.58. The number of fused-ring (bicyclic) bond motifs is 1. The molecule has 1 amide bonds. The SMILES string of the molecule is CCc1ccccc1N=C1S/C(=C/c2cn(CC)c3ccccc23)C(=O)N1CC. The van der Waals surface area contributed by atoms with Crippen LogP contribution in [0.1, 0.15) is 31.9 Å². The molecule has 0 atom stereocenters. The Balaban J connectivity index is 1.75. The smallest absolute Gasteiger partial charge is 0.266 e. The number of amides is 1. The summed E-state index contributed by atoms with van der Waals surface area (Å²) in [6.07, 6.45) is 5.05. The fourth-order valence-corrected chi connectivity index (χ4v) is 4.73. The van der Waals surface area contributed by atoms with Gasteiger partial charge in [-0.1, -0.05) is 43.3 Å². The molecule has 0 bridgehead atoms. The maximum atomic E-state index is 13.1. The summed E-state index contributed by atoms with van der Waals surface area (Å²) in [5, 5.41) is 1.92. The molecule has 1 fully saturated rings. The van der Waals surface area contributed by atoms with Crippen molar-refractivity contribution in [3.05, 3.63) is 70.8 Å². The second kappa shape index (κ2) is 8.29. The van der Waals surface area contributed by atoms with Gasteiger partial charge in [0, 0.05) is 35.8 Å². The molecule has 1 aliphatic rings. The van der Waals surface area contributed by atoms with Gasteiger partial charge >= 0.3 is 0 Å². The Morgan fingerprint density at radius 3 is 2.52 bits per heavy atom. The molecule has 0 spiro atoms. The number of nitrogens with zero attached hydrogens (tertiary/aromatic N) is 3. The average molecular weight is 404 g/mol. The maximum Gasteiger partial charge on any atom is 0.266 e. The van der Waals surface area contributed by atoms with Crippen LogP contribution in [-0.2, 0) is 17.8 Å². The van der Waals surface area contributed by atoms with Crippen molar-refractivity contribution in [3.63, 3.8) is 0 Å². The molecule has 1 aliphatic heterocycles. The van der Waals surface area contributed by atoms with Crippen molar-refractivity contribution in [1.82, 2.24) is 9.47 Å². The van der Waals surface area contributed by atoms with Gasteiger partial charge in [-0.3, -0.25) is 9.69 Å². The lowest BCUT2D eigenvalue weighted by atomic mass is 10.1. The molecule has 1 aromatic heterocycles. The van der Waals surface area contributed by atoms with E-state index >= 15 is 0 Å². The molecule has 4 rings (SSSR count). The van der Waals surface area contributed by atoms with Gasteiger partial charge in [0.15, 0.2) is 5.17 Å². The van der Waals surface area contributed by atoms with Gasteiger partial charge in [-0.05, 0) is 55.8 Å². The van der Waals surface area contributed by atoms with Crippen LogP contribution in [0.4, 0.5) is 5.69 Å². The normalized spacial score (nSPS) is 17.2. The minimum absolute atomic E-state index is 0.0264. The molecule has 2 heterocycles. The predicted octanol–water partition coefficient (Wildman–Crippen LogP) is 5.85. The van der Waals surface area contributed by atoms with Crippen LogP contribution < -0.4 is 0 Å². The number of carbonyl (C=O) groups excluding carboxylic acids is 1. The molecule has 3 aromatic rings. The lowest BCUT2D eigenvalue weighted by molar-refractivity contribution is -0.122. The highest BCUT2D eigenvalue weighted by molar-refractivity contribution is 8.18. The topological polar surface area (TPSA) is 37.6 Å². The highest BCUT2D eigenvalue weighted by Crippen LogP contribution is 2.36. The van der Waals surface area contributed by atoms with E-state index in [-0.39, 0.29) is 5.91 Å². The Morgan fingerprint density at radius 1 is 1.00 bits per heavy atom. The first kappa shape index (κ1) is 19.5. The molecular weight excluding hydrogens is 378 g/mol. The molecule has 0 radical (unpaired) electrons. The number of rotatable bonds is 5. The van der Waals surface area contributed by atoms with Crippen molar-refractivity contribution >= 4 is 45.5 Å². The molecule has 1 saturated heterocycles. The summed E-state index contributed by atoms with van der Waals surface area (Å²) in [5.74, 6) is 0.0264. The zero-order chi connectivity index (χ0) is 20.4. The van der Waals surface area contributed by atoms with Crippen LogP contribution in [0.25, 0.3) is 17.0 Å². The number of aryl methyl sites for hydroxylation is 2. The van der Waals surface area contributed by atoms with Gasteiger partial charge < -0.3 is 4.57 Å². The van der Waals surface area contributed by atoms with E-state index in [4.69, 9.17) is 4.99 Å². The van der Waals surface area contributed by atoms with Gasteiger partial charge in [0.1, 0.15) is 0 Å². The number of hydrogen-bond donors (Lipinski definition) is 0. The van der Waals surface area contributed by atoms with E-state index in [9.17, 15) is 4.79 Å². The summed E-state index contributed by atoms with van der Waals surface area (Å²) in [6, 6.07) is 16.5. The van der Waals surface area contributed by atoms with Crippen LogP contribution in [0.2, 0.25) is 0 Å². The lowest BCUT2D eigenvalue weighted by Crippen LogP contribution is -2.28. The monoisotopic (exact) mass is 403 g/mol.